The maximum absolute atomic E-state index is 12.4. The van der Waals surface area contributed by atoms with Crippen molar-refractivity contribution in [1.29, 1.82) is 0 Å². The molecule has 2 aromatic rings. The molecule has 0 spiro atoms. The summed E-state index contributed by atoms with van der Waals surface area (Å²) in [5, 5.41) is 5.92. The zero-order valence-electron chi connectivity index (χ0n) is 11.9. The Morgan fingerprint density at radius 2 is 2.05 bits per heavy atom. The zero-order chi connectivity index (χ0) is 14.8. The molecule has 0 saturated heterocycles. The fourth-order valence-corrected chi connectivity index (χ4v) is 2.30. The molecule has 6 nitrogen and oxygen atoms in total. The maximum Gasteiger partial charge on any atom is 0.261 e. The summed E-state index contributed by atoms with van der Waals surface area (Å²) >= 11 is 0. The number of carbonyl (C=O) groups excluding carboxylic acids is 1. The summed E-state index contributed by atoms with van der Waals surface area (Å²) in [6.07, 6.45) is 0. The highest BCUT2D eigenvalue weighted by Crippen LogP contribution is 2.31. The van der Waals surface area contributed by atoms with Gasteiger partial charge >= 0.3 is 0 Å². The van der Waals surface area contributed by atoms with Crippen LogP contribution < -0.4 is 15.4 Å². The lowest BCUT2D eigenvalue weighted by molar-refractivity contribution is 0.102. The number of anilines is 2. The van der Waals surface area contributed by atoms with Crippen molar-refractivity contribution in [2.75, 3.05) is 23.8 Å². The van der Waals surface area contributed by atoms with E-state index in [0.717, 1.165) is 23.6 Å². The molecule has 2 heterocycles. The van der Waals surface area contributed by atoms with Crippen molar-refractivity contribution < 1.29 is 9.53 Å². The molecular weight excluding hydrogens is 268 g/mol. The van der Waals surface area contributed by atoms with E-state index in [1.165, 1.54) is 0 Å². The van der Waals surface area contributed by atoms with Gasteiger partial charge in [0, 0.05) is 17.9 Å². The van der Waals surface area contributed by atoms with Crippen molar-refractivity contribution in [2.24, 2.45) is 0 Å². The third kappa shape index (κ3) is 2.79. The van der Waals surface area contributed by atoms with Gasteiger partial charge in [0.15, 0.2) is 5.75 Å². The standard InChI is InChI=1S/C15H16N4O2/c1-9-8-10(2)18-15(17-9)19-14(20)11-4-3-5-12-13(11)21-7-6-16-12/h3-5,8,16H,6-7H2,1-2H3,(H,17,18,19,20). The molecule has 0 unspecified atom stereocenters. The predicted octanol–water partition coefficient (Wildman–Crippen LogP) is 2.15. The predicted molar refractivity (Wildman–Crippen MR) is 79.9 cm³/mol. The minimum Gasteiger partial charge on any atom is -0.489 e. The zero-order valence-corrected chi connectivity index (χ0v) is 11.9. The Labute approximate surface area is 122 Å². The van der Waals surface area contributed by atoms with Gasteiger partial charge in [0.1, 0.15) is 6.61 Å². The summed E-state index contributed by atoms with van der Waals surface area (Å²) in [5.74, 6) is 0.602. The quantitative estimate of drug-likeness (QED) is 0.883. The number of aryl methyl sites for hydroxylation is 2. The minimum absolute atomic E-state index is 0.277. The van der Waals surface area contributed by atoms with Crippen LogP contribution in [0.25, 0.3) is 0 Å². The lowest BCUT2D eigenvalue weighted by Crippen LogP contribution is -2.22. The van der Waals surface area contributed by atoms with Crippen LogP contribution in [-0.4, -0.2) is 29.0 Å². The molecule has 1 amide bonds. The van der Waals surface area contributed by atoms with Gasteiger partial charge in [-0.1, -0.05) is 6.07 Å². The molecule has 1 aromatic carbocycles. The van der Waals surface area contributed by atoms with Crippen LogP contribution in [0.4, 0.5) is 11.6 Å². The second kappa shape index (κ2) is 5.40. The van der Waals surface area contributed by atoms with Gasteiger partial charge in [0.05, 0.1) is 11.3 Å². The van der Waals surface area contributed by atoms with Gasteiger partial charge in [-0.3, -0.25) is 10.1 Å². The molecule has 6 heteroatoms. The summed E-state index contributed by atoms with van der Waals surface area (Å²) < 4.78 is 5.60. The minimum atomic E-state index is -0.277. The average molecular weight is 284 g/mol. The van der Waals surface area contributed by atoms with Gasteiger partial charge in [-0.25, -0.2) is 9.97 Å². The van der Waals surface area contributed by atoms with E-state index < -0.39 is 0 Å². The number of ether oxygens (including phenoxy) is 1. The fourth-order valence-electron chi connectivity index (χ4n) is 2.30. The van der Waals surface area contributed by atoms with Gasteiger partial charge in [0.2, 0.25) is 5.95 Å². The van der Waals surface area contributed by atoms with Crippen molar-refractivity contribution in [3.63, 3.8) is 0 Å². The Morgan fingerprint density at radius 3 is 2.81 bits per heavy atom. The normalized spacial score (nSPS) is 12.9. The lowest BCUT2D eigenvalue weighted by atomic mass is 10.1. The van der Waals surface area contributed by atoms with E-state index in [1.807, 2.05) is 32.0 Å². The summed E-state index contributed by atoms with van der Waals surface area (Å²) in [7, 11) is 0. The number of nitrogens with zero attached hydrogens (tertiary/aromatic N) is 2. The number of hydrogen-bond donors (Lipinski definition) is 2. The first-order valence-corrected chi connectivity index (χ1v) is 6.77. The number of para-hydroxylation sites is 1. The second-order valence-electron chi connectivity index (χ2n) is 4.89. The van der Waals surface area contributed by atoms with Crippen LogP contribution in [0, 0.1) is 13.8 Å². The van der Waals surface area contributed by atoms with Crippen molar-refractivity contribution in [2.45, 2.75) is 13.8 Å². The molecule has 0 bridgehead atoms. The second-order valence-corrected chi connectivity index (χ2v) is 4.89. The van der Waals surface area contributed by atoms with E-state index in [0.29, 0.717) is 23.9 Å². The van der Waals surface area contributed by atoms with Crippen LogP contribution in [0.5, 0.6) is 5.75 Å². The number of nitrogens with one attached hydrogen (secondary N) is 2. The molecule has 0 aliphatic carbocycles. The van der Waals surface area contributed by atoms with Gasteiger partial charge in [0.25, 0.3) is 5.91 Å². The van der Waals surface area contributed by atoms with E-state index in [1.54, 1.807) is 6.07 Å². The van der Waals surface area contributed by atoms with E-state index in [-0.39, 0.29) is 5.91 Å². The Balaban J connectivity index is 1.89. The van der Waals surface area contributed by atoms with Crippen molar-refractivity contribution in [3.8, 4) is 5.75 Å². The van der Waals surface area contributed by atoms with Crippen molar-refractivity contribution in [3.05, 3.63) is 41.2 Å². The average Bonchev–Trinajstić information content (AvgIpc) is 2.45. The van der Waals surface area contributed by atoms with Crippen LogP contribution >= 0.6 is 0 Å². The van der Waals surface area contributed by atoms with E-state index in [4.69, 9.17) is 4.74 Å². The molecule has 3 rings (SSSR count). The Kier molecular flexibility index (Phi) is 3.43. The van der Waals surface area contributed by atoms with Gasteiger partial charge in [-0.15, -0.1) is 0 Å². The third-order valence-corrected chi connectivity index (χ3v) is 3.13. The SMILES string of the molecule is Cc1cc(C)nc(NC(=O)c2cccc3c2OCCN3)n1. The van der Waals surface area contributed by atoms with Gasteiger partial charge < -0.3 is 10.1 Å². The number of carbonyl (C=O) groups is 1. The molecule has 0 fully saturated rings. The third-order valence-electron chi connectivity index (χ3n) is 3.13. The topological polar surface area (TPSA) is 76.1 Å². The highest BCUT2D eigenvalue weighted by Gasteiger charge is 2.19. The first kappa shape index (κ1) is 13.4. The molecule has 0 radical (unpaired) electrons. The first-order valence-electron chi connectivity index (χ1n) is 6.77. The maximum atomic E-state index is 12.4. The van der Waals surface area contributed by atoms with Crippen LogP contribution in [0.3, 0.4) is 0 Å². The highest BCUT2D eigenvalue weighted by atomic mass is 16.5. The molecule has 0 saturated carbocycles. The number of benzene rings is 1. The fraction of sp³-hybridized carbons (Fsp3) is 0.267. The van der Waals surface area contributed by atoms with Crippen LogP contribution in [0.1, 0.15) is 21.7 Å². The van der Waals surface area contributed by atoms with Crippen LogP contribution in [-0.2, 0) is 0 Å². The first-order chi connectivity index (χ1) is 10.1. The van der Waals surface area contributed by atoms with Crippen molar-refractivity contribution in [1.82, 2.24) is 9.97 Å². The molecule has 0 atom stereocenters. The largest absolute Gasteiger partial charge is 0.489 e. The molecular formula is C15H16N4O2. The summed E-state index contributed by atoms with van der Waals surface area (Å²) in [5.41, 5.74) is 2.93. The van der Waals surface area contributed by atoms with Gasteiger partial charge in [-0.05, 0) is 32.0 Å². The Morgan fingerprint density at radius 1 is 1.29 bits per heavy atom. The van der Waals surface area contributed by atoms with E-state index in [9.17, 15) is 4.79 Å². The highest BCUT2D eigenvalue weighted by molar-refractivity contribution is 6.06. The van der Waals surface area contributed by atoms with Crippen molar-refractivity contribution >= 4 is 17.5 Å². The molecule has 1 aliphatic rings. The van der Waals surface area contributed by atoms with Crippen LogP contribution in [0.15, 0.2) is 24.3 Å². The van der Waals surface area contributed by atoms with E-state index in [2.05, 4.69) is 20.6 Å². The number of hydrogen-bond acceptors (Lipinski definition) is 5. The van der Waals surface area contributed by atoms with Gasteiger partial charge in [-0.2, -0.15) is 0 Å². The number of amides is 1. The summed E-state index contributed by atoms with van der Waals surface area (Å²) in [6, 6.07) is 7.28. The Bertz CT molecular complexity index is 680. The summed E-state index contributed by atoms with van der Waals surface area (Å²) in [6.45, 7) is 5.00. The molecule has 108 valence electrons. The smallest absolute Gasteiger partial charge is 0.261 e. The number of fused-ring (bicyclic) bond motifs is 1. The van der Waals surface area contributed by atoms with Crippen LogP contribution in [0.2, 0.25) is 0 Å². The lowest BCUT2D eigenvalue weighted by Gasteiger charge is -2.21. The molecule has 1 aromatic heterocycles. The van der Waals surface area contributed by atoms with E-state index >= 15 is 0 Å². The summed E-state index contributed by atoms with van der Waals surface area (Å²) in [4.78, 5) is 20.8. The molecule has 21 heavy (non-hydrogen) atoms. The Hall–Kier alpha value is -2.63. The molecule has 2 N–H and O–H groups in total. The number of rotatable bonds is 2. The number of aromatic nitrogens is 2. The molecule has 1 aliphatic heterocycles. The monoisotopic (exact) mass is 284 g/mol.